The molecule has 5 aliphatic rings. The van der Waals surface area contributed by atoms with Gasteiger partial charge in [0.2, 0.25) is 5.91 Å². The van der Waals surface area contributed by atoms with Crippen LogP contribution in [0.15, 0.2) is 34.9 Å². The van der Waals surface area contributed by atoms with Crippen LogP contribution in [-0.4, -0.2) is 43.2 Å². The van der Waals surface area contributed by atoms with E-state index < -0.39 is 0 Å². The molecule has 0 radical (unpaired) electrons. The Labute approximate surface area is 185 Å². The number of piperidine rings is 1. The molecule has 0 aromatic heterocycles. The number of hydrogen-bond acceptors (Lipinski definition) is 4. The molecule has 0 aromatic rings. The molecule has 5 rings (SSSR count). The van der Waals surface area contributed by atoms with E-state index in [1.807, 2.05) is 12.3 Å². The monoisotopic (exact) mass is 424 g/mol. The van der Waals surface area contributed by atoms with Gasteiger partial charge in [-0.05, 0) is 76.1 Å². The highest BCUT2D eigenvalue weighted by atomic mass is 16.5. The zero-order chi connectivity index (χ0) is 21.0. The maximum Gasteiger partial charge on any atom is 0.220 e. The zero-order valence-electron chi connectivity index (χ0n) is 18.6. The van der Waals surface area contributed by atoms with E-state index in [1.165, 1.54) is 62.7 Å². The van der Waals surface area contributed by atoms with Crippen molar-refractivity contribution in [3.05, 3.63) is 36.1 Å². The first-order chi connectivity index (χ1) is 15.2. The topological polar surface area (TPSA) is 54.7 Å². The smallest absolute Gasteiger partial charge is 0.220 e. The van der Waals surface area contributed by atoms with Gasteiger partial charge in [0.15, 0.2) is 0 Å². The van der Waals surface area contributed by atoms with Crippen LogP contribution in [0.4, 0.5) is 0 Å². The van der Waals surface area contributed by atoms with Crippen molar-refractivity contribution in [3.8, 4) is 11.3 Å². The second-order valence-electron chi connectivity index (χ2n) is 9.95. The van der Waals surface area contributed by atoms with Crippen LogP contribution in [-0.2, 0) is 9.53 Å². The standard InChI is InChI=1S/C26H36N2O3/c29-26(14-20-16-30-17-20)27-23-9-7-19(8-10-23)11-13-28-12-2-1-5-24(28)22-15-21-4-3-6-25(21)31-18-22/h3-4,6,15,18-20,23-24H,1-2,5,7-14,16-17H2,(H,27,29)/t19-,23-,24?. The maximum atomic E-state index is 12.2. The first-order valence-corrected chi connectivity index (χ1v) is 12.3. The molecule has 3 aliphatic heterocycles. The van der Waals surface area contributed by atoms with Gasteiger partial charge in [-0.2, -0.15) is 0 Å². The third-order valence-corrected chi connectivity index (χ3v) is 7.67. The molecular formula is C26H36N2O3. The fourth-order valence-corrected chi connectivity index (χ4v) is 5.70. The third kappa shape index (κ3) is 5.15. The van der Waals surface area contributed by atoms with E-state index in [4.69, 9.17) is 9.15 Å². The molecule has 2 saturated heterocycles. The molecule has 1 amide bonds. The second-order valence-corrected chi connectivity index (χ2v) is 9.95. The average Bonchev–Trinajstić information content (AvgIpc) is 3.24. The number of amides is 1. The van der Waals surface area contributed by atoms with Crippen molar-refractivity contribution in [1.29, 1.82) is 0 Å². The third-order valence-electron chi connectivity index (χ3n) is 7.67. The minimum absolute atomic E-state index is 0.222. The molecular weight excluding hydrogens is 388 g/mol. The molecule has 5 heteroatoms. The van der Waals surface area contributed by atoms with Crippen molar-refractivity contribution < 1.29 is 13.9 Å². The minimum Gasteiger partial charge on any atom is -0.464 e. The van der Waals surface area contributed by atoms with Gasteiger partial charge in [0.1, 0.15) is 5.76 Å². The predicted octanol–water partition coefficient (Wildman–Crippen LogP) is 5.01. The lowest BCUT2D eigenvalue weighted by atomic mass is 9.83. The summed E-state index contributed by atoms with van der Waals surface area (Å²) in [4.78, 5) is 14.9. The Morgan fingerprint density at radius 2 is 1.94 bits per heavy atom. The number of carbonyl (C=O) groups excluding carboxylic acids is 1. The number of nitrogens with one attached hydrogen (secondary N) is 1. The first-order valence-electron chi connectivity index (χ1n) is 12.3. The van der Waals surface area contributed by atoms with Gasteiger partial charge in [-0.25, -0.2) is 0 Å². The molecule has 1 unspecified atom stereocenters. The molecule has 1 N–H and O–H groups in total. The Bertz CT molecular complexity index is 822. The van der Waals surface area contributed by atoms with Crippen molar-refractivity contribution in [2.24, 2.45) is 11.8 Å². The molecule has 5 nitrogen and oxygen atoms in total. The molecule has 0 bridgehead atoms. The Balaban J connectivity index is 1.09. The Morgan fingerprint density at radius 1 is 1.06 bits per heavy atom. The Morgan fingerprint density at radius 3 is 2.74 bits per heavy atom. The van der Waals surface area contributed by atoms with Crippen LogP contribution in [0.5, 0.6) is 0 Å². The summed E-state index contributed by atoms with van der Waals surface area (Å²) < 4.78 is 11.1. The van der Waals surface area contributed by atoms with Crippen LogP contribution >= 0.6 is 0 Å². The second kappa shape index (κ2) is 9.74. The molecule has 3 heterocycles. The highest BCUT2D eigenvalue weighted by Gasteiger charge is 2.28. The number of ether oxygens (including phenoxy) is 1. The van der Waals surface area contributed by atoms with Crippen LogP contribution in [0.1, 0.15) is 69.4 Å². The van der Waals surface area contributed by atoms with E-state index in [1.54, 1.807) is 0 Å². The fourth-order valence-electron chi connectivity index (χ4n) is 5.70. The number of nitrogens with zero attached hydrogens (tertiary/aromatic N) is 1. The lowest BCUT2D eigenvalue weighted by molar-refractivity contribution is -0.127. The van der Waals surface area contributed by atoms with Crippen molar-refractivity contribution >= 4 is 5.91 Å². The van der Waals surface area contributed by atoms with Gasteiger partial charge < -0.3 is 14.5 Å². The van der Waals surface area contributed by atoms with E-state index in [9.17, 15) is 4.79 Å². The summed E-state index contributed by atoms with van der Waals surface area (Å²) in [5, 5.41) is 3.27. The summed E-state index contributed by atoms with van der Waals surface area (Å²) in [6.45, 7) is 3.88. The van der Waals surface area contributed by atoms with Gasteiger partial charge in [0.05, 0.1) is 19.5 Å². The lowest BCUT2D eigenvalue weighted by Gasteiger charge is -2.37. The van der Waals surface area contributed by atoms with E-state index in [2.05, 4.69) is 28.4 Å². The number of likely N-dealkylation sites (tertiary alicyclic amines) is 1. The molecule has 31 heavy (non-hydrogen) atoms. The summed E-state index contributed by atoms with van der Waals surface area (Å²) in [6.07, 6.45) is 12.5. The van der Waals surface area contributed by atoms with E-state index >= 15 is 0 Å². The van der Waals surface area contributed by atoms with Gasteiger partial charge in [-0.1, -0.05) is 18.6 Å². The normalized spacial score (nSPS) is 27.8. The minimum atomic E-state index is 0.222. The fraction of sp³-hybridized carbons (Fsp3) is 0.654. The van der Waals surface area contributed by atoms with Crippen LogP contribution in [0.25, 0.3) is 11.3 Å². The highest BCUT2D eigenvalue weighted by molar-refractivity contribution is 5.76. The molecule has 168 valence electrons. The highest BCUT2D eigenvalue weighted by Crippen LogP contribution is 2.36. The largest absolute Gasteiger partial charge is 0.464 e. The van der Waals surface area contributed by atoms with E-state index in [0.717, 1.165) is 37.7 Å². The van der Waals surface area contributed by atoms with Crippen LogP contribution < -0.4 is 5.32 Å². The quantitative estimate of drug-likeness (QED) is 0.679. The number of fused-ring (bicyclic) bond motifs is 1. The average molecular weight is 425 g/mol. The first kappa shape index (κ1) is 21.0. The Hall–Kier alpha value is -1.85. The van der Waals surface area contributed by atoms with Gasteiger partial charge in [-0.15, -0.1) is 0 Å². The molecule has 1 atom stereocenters. The van der Waals surface area contributed by atoms with Crippen molar-refractivity contribution in [2.45, 2.75) is 69.9 Å². The number of carbonyl (C=O) groups is 1. The van der Waals surface area contributed by atoms with Crippen molar-refractivity contribution in [3.63, 3.8) is 0 Å². The summed E-state index contributed by atoms with van der Waals surface area (Å²) in [7, 11) is 0. The summed E-state index contributed by atoms with van der Waals surface area (Å²) >= 11 is 0. The summed E-state index contributed by atoms with van der Waals surface area (Å²) in [5.74, 6) is 2.44. The van der Waals surface area contributed by atoms with Crippen LogP contribution in [0.2, 0.25) is 0 Å². The van der Waals surface area contributed by atoms with E-state index in [-0.39, 0.29) is 5.91 Å². The summed E-state index contributed by atoms with van der Waals surface area (Å²) in [6, 6.07) is 9.45. The molecule has 2 aliphatic carbocycles. The SMILES string of the molecule is O=C(CC1COC1)N[C@H]1CC[C@H](CCN2CCCCC2c2coc3cccc-3c2)CC1. The molecule has 0 spiro atoms. The molecule has 1 saturated carbocycles. The van der Waals surface area contributed by atoms with Gasteiger partial charge >= 0.3 is 0 Å². The maximum absolute atomic E-state index is 12.2. The van der Waals surface area contributed by atoms with Gasteiger partial charge in [-0.3, -0.25) is 9.69 Å². The van der Waals surface area contributed by atoms with Crippen molar-refractivity contribution in [1.82, 2.24) is 10.2 Å². The zero-order valence-corrected chi connectivity index (χ0v) is 18.6. The lowest BCUT2D eigenvalue weighted by Crippen LogP contribution is -2.41. The van der Waals surface area contributed by atoms with E-state index in [0.29, 0.717) is 24.4 Å². The number of hydrogen-bond donors (Lipinski definition) is 1. The van der Waals surface area contributed by atoms with Crippen molar-refractivity contribution in [2.75, 3.05) is 26.3 Å². The molecule has 3 fully saturated rings. The van der Waals surface area contributed by atoms with Gasteiger partial charge in [0, 0.05) is 35.5 Å². The summed E-state index contributed by atoms with van der Waals surface area (Å²) in [5.41, 5.74) is 2.55. The number of rotatable bonds is 7. The van der Waals surface area contributed by atoms with Crippen LogP contribution in [0, 0.1) is 11.8 Å². The van der Waals surface area contributed by atoms with Gasteiger partial charge in [0.25, 0.3) is 0 Å². The molecule has 0 aromatic carbocycles. The van der Waals surface area contributed by atoms with Crippen LogP contribution in [0.3, 0.4) is 0 Å². The Kier molecular flexibility index (Phi) is 6.61. The predicted molar refractivity (Wildman–Crippen MR) is 121 cm³/mol.